The average Bonchev–Trinajstić information content (AvgIpc) is 3.27. The molecule has 1 unspecified atom stereocenters. The fraction of sp³-hybridized carbons (Fsp3) is 0.450. The van der Waals surface area contributed by atoms with Crippen LogP contribution in [0.2, 0.25) is 5.02 Å². The summed E-state index contributed by atoms with van der Waals surface area (Å²) in [5.74, 6) is -1.96. The van der Waals surface area contributed by atoms with Crippen molar-refractivity contribution >= 4 is 23.6 Å². The summed E-state index contributed by atoms with van der Waals surface area (Å²) in [6.07, 6.45) is 2.58. The maximum Gasteiger partial charge on any atom is 0.407 e. The van der Waals surface area contributed by atoms with Crippen molar-refractivity contribution in [3.63, 3.8) is 0 Å². The number of alkyl carbamates (subject to hydrolysis) is 1. The number of aromatic nitrogens is 2. The van der Waals surface area contributed by atoms with Crippen LogP contribution in [0.15, 0.2) is 18.3 Å². The lowest BCUT2D eigenvalue weighted by Gasteiger charge is -2.44. The van der Waals surface area contributed by atoms with Gasteiger partial charge in [0.25, 0.3) is 5.91 Å². The van der Waals surface area contributed by atoms with Crippen LogP contribution >= 0.6 is 11.6 Å². The predicted octanol–water partition coefficient (Wildman–Crippen LogP) is 2.98. The van der Waals surface area contributed by atoms with E-state index in [2.05, 4.69) is 10.4 Å². The van der Waals surface area contributed by atoms with Crippen molar-refractivity contribution in [2.24, 2.45) is 13.0 Å². The topological polar surface area (TPSA) is 76.5 Å². The molecule has 10 heteroatoms. The molecule has 2 amide bonds. The van der Waals surface area contributed by atoms with Crippen LogP contribution < -0.4 is 5.32 Å². The van der Waals surface area contributed by atoms with E-state index in [1.54, 1.807) is 16.6 Å². The third kappa shape index (κ3) is 2.94. The second kappa shape index (κ2) is 6.66. The van der Waals surface area contributed by atoms with Gasteiger partial charge in [-0.3, -0.25) is 9.48 Å². The highest BCUT2D eigenvalue weighted by Gasteiger charge is 2.53. The molecule has 1 spiro atoms. The van der Waals surface area contributed by atoms with E-state index in [4.69, 9.17) is 16.3 Å². The summed E-state index contributed by atoms with van der Waals surface area (Å²) in [6, 6.07) is 1.39. The van der Waals surface area contributed by atoms with Crippen LogP contribution in [-0.4, -0.2) is 45.4 Å². The molecule has 1 saturated carbocycles. The molecule has 2 fully saturated rings. The van der Waals surface area contributed by atoms with Gasteiger partial charge in [0, 0.05) is 26.1 Å². The number of aryl methyl sites for hydroxylation is 1. The summed E-state index contributed by atoms with van der Waals surface area (Å²) < 4.78 is 35.5. The Hall–Kier alpha value is -2.68. The van der Waals surface area contributed by atoms with Crippen LogP contribution in [-0.2, 0) is 18.2 Å². The number of benzene rings is 1. The summed E-state index contributed by atoms with van der Waals surface area (Å²) in [6.45, 7) is 0.804. The molecule has 1 aromatic heterocycles. The Morgan fingerprint density at radius 3 is 2.73 bits per heavy atom. The molecule has 5 rings (SSSR count). The molecule has 0 radical (unpaired) electrons. The van der Waals surface area contributed by atoms with E-state index >= 15 is 0 Å². The molecule has 3 aliphatic rings. The number of fused-ring (bicyclic) bond motifs is 1. The van der Waals surface area contributed by atoms with Crippen LogP contribution in [0.4, 0.5) is 13.6 Å². The minimum atomic E-state index is -0.863. The highest BCUT2D eigenvalue weighted by atomic mass is 35.5. The van der Waals surface area contributed by atoms with Crippen LogP contribution in [0, 0.1) is 17.6 Å². The van der Waals surface area contributed by atoms with Gasteiger partial charge >= 0.3 is 6.09 Å². The van der Waals surface area contributed by atoms with Gasteiger partial charge in [-0.25, -0.2) is 13.6 Å². The lowest BCUT2D eigenvalue weighted by atomic mass is 9.70. The van der Waals surface area contributed by atoms with Crippen molar-refractivity contribution in [3.05, 3.63) is 51.8 Å². The van der Waals surface area contributed by atoms with E-state index in [-0.39, 0.29) is 17.9 Å². The number of halogens is 3. The minimum absolute atomic E-state index is 0.0911. The van der Waals surface area contributed by atoms with Gasteiger partial charge in [-0.05, 0) is 30.4 Å². The number of carbonyl (C=O) groups excluding carboxylic acids is 2. The van der Waals surface area contributed by atoms with Crippen molar-refractivity contribution in [3.8, 4) is 0 Å². The first-order valence-electron chi connectivity index (χ1n) is 9.69. The molecular weight excluding hydrogens is 418 g/mol. The molecule has 1 aromatic carbocycles. The van der Waals surface area contributed by atoms with Crippen molar-refractivity contribution in [1.29, 1.82) is 0 Å². The second-order valence-electron chi connectivity index (χ2n) is 8.29. The average molecular weight is 437 g/mol. The van der Waals surface area contributed by atoms with E-state index in [0.717, 1.165) is 6.07 Å². The first-order chi connectivity index (χ1) is 14.3. The number of hydrogen-bond acceptors (Lipinski definition) is 4. The molecule has 1 aliphatic carbocycles. The maximum atomic E-state index is 14.5. The Balaban J connectivity index is 1.44. The number of nitrogens with zero attached hydrogens (tertiary/aromatic N) is 3. The zero-order valence-corrected chi connectivity index (χ0v) is 16.9. The Bertz CT molecular complexity index is 1050. The maximum absolute atomic E-state index is 14.5. The normalized spacial score (nSPS) is 27.3. The van der Waals surface area contributed by atoms with Gasteiger partial charge in [0.1, 0.15) is 17.2 Å². The molecule has 1 atom stereocenters. The number of rotatable bonds is 4. The molecule has 1 N–H and O–H groups in total. The lowest BCUT2D eigenvalue weighted by Crippen LogP contribution is -2.51. The second-order valence-corrected chi connectivity index (χ2v) is 8.70. The number of hydrogen-bond donors (Lipinski definition) is 1. The molecule has 1 saturated heterocycles. The molecular formula is C20H19ClF2N4O3. The lowest BCUT2D eigenvalue weighted by molar-refractivity contribution is -0.0555. The van der Waals surface area contributed by atoms with Gasteiger partial charge in [-0.1, -0.05) is 11.6 Å². The molecule has 2 aromatic rings. The van der Waals surface area contributed by atoms with Gasteiger partial charge in [0.2, 0.25) is 0 Å². The summed E-state index contributed by atoms with van der Waals surface area (Å²) in [5, 5.41) is 7.20. The highest BCUT2D eigenvalue weighted by Crippen LogP contribution is 2.46. The molecule has 7 nitrogen and oxygen atoms in total. The van der Waals surface area contributed by atoms with Gasteiger partial charge in [0.15, 0.2) is 0 Å². The van der Waals surface area contributed by atoms with E-state index < -0.39 is 35.3 Å². The number of amides is 2. The largest absolute Gasteiger partial charge is 0.441 e. The van der Waals surface area contributed by atoms with Crippen LogP contribution in [0.1, 0.15) is 40.5 Å². The van der Waals surface area contributed by atoms with E-state index in [1.807, 2.05) is 0 Å². The minimum Gasteiger partial charge on any atom is -0.441 e. The highest BCUT2D eigenvalue weighted by molar-refractivity contribution is 6.31. The van der Waals surface area contributed by atoms with Crippen molar-refractivity contribution in [2.45, 2.75) is 30.9 Å². The van der Waals surface area contributed by atoms with Gasteiger partial charge in [0.05, 0.1) is 35.1 Å². The van der Waals surface area contributed by atoms with E-state index in [1.165, 1.54) is 12.3 Å². The number of ether oxygens (including phenoxy) is 1. The fourth-order valence-electron chi connectivity index (χ4n) is 4.94. The SMILES string of the molecule is Cn1ncc(Cl)c1CC1c2cc(F)cc(F)c2C(=O)N1CC1CC2(CNC(=O)O2)C1. The fourth-order valence-corrected chi connectivity index (χ4v) is 5.19. The first-order valence-corrected chi connectivity index (χ1v) is 10.1. The smallest absolute Gasteiger partial charge is 0.407 e. The van der Waals surface area contributed by atoms with Crippen LogP contribution in [0.5, 0.6) is 0 Å². The number of carbonyl (C=O) groups is 2. The van der Waals surface area contributed by atoms with Crippen LogP contribution in [0.3, 0.4) is 0 Å². The summed E-state index contributed by atoms with van der Waals surface area (Å²) in [7, 11) is 1.73. The third-order valence-electron chi connectivity index (χ3n) is 6.33. The summed E-state index contributed by atoms with van der Waals surface area (Å²) in [5.41, 5.74) is 0.381. The van der Waals surface area contributed by atoms with E-state index in [9.17, 15) is 18.4 Å². The van der Waals surface area contributed by atoms with Crippen molar-refractivity contribution < 1.29 is 23.1 Å². The van der Waals surface area contributed by atoms with Gasteiger partial charge in [-0.2, -0.15) is 5.10 Å². The standard InChI is InChI=1S/C20H19ClF2N4O3/c1-26-16(13(21)7-25-26)4-15-12-2-11(22)3-14(23)17(12)18(28)27(15)8-10-5-20(6-10)9-24-19(29)30-20/h2-3,7,10,15H,4-6,8-9H2,1H3,(H,24,29). The zero-order valence-electron chi connectivity index (χ0n) is 16.1. The third-order valence-corrected chi connectivity index (χ3v) is 6.65. The molecule has 2 aliphatic heterocycles. The Labute approximate surface area is 175 Å². The first kappa shape index (κ1) is 19.3. The van der Waals surface area contributed by atoms with Crippen molar-refractivity contribution in [2.75, 3.05) is 13.1 Å². The zero-order chi connectivity index (χ0) is 21.2. The Kier molecular flexibility index (Phi) is 4.29. The Morgan fingerprint density at radius 1 is 1.33 bits per heavy atom. The number of nitrogens with one attached hydrogen (secondary N) is 1. The monoisotopic (exact) mass is 436 g/mol. The molecule has 0 bridgehead atoms. The van der Waals surface area contributed by atoms with Gasteiger partial charge < -0.3 is 15.0 Å². The van der Waals surface area contributed by atoms with Crippen molar-refractivity contribution in [1.82, 2.24) is 20.0 Å². The predicted molar refractivity (Wildman–Crippen MR) is 102 cm³/mol. The molecule has 30 heavy (non-hydrogen) atoms. The van der Waals surface area contributed by atoms with E-state index in [0.29, 0.717) is 42.2 Å². The molecule has 3 heterocycles. The summed E-state index contributed by atoms with van der Waals surface area (Å²) >= 11 is 6.25. The summed E-state index contributed by atoms with van der Waals surface area (Å²) in [4.78, 5) is 26.0. The quantitative estimate of drug-likeness (QED) is 0.799. The van der Waals surface area contributed by atoms with Gasteiger partial charge in [-0.15, -0.1) is 0 Å². The molecule has 158 valence electrons. The van der Waals surface area contributed by atoms with Crippen LogP contribution in [0.25, 0.3) is 0 Å². The Morgan fingerprint density at radius 2 is 2.10 bits per heavy atom.